The van der Waals surface area contributed by atoms with Gasteiger partial charge < -0.3 is 9.47 Å². The summed E-state index contributed by atoms with van der Waals surface area (Å²) in [5.74, 6) is 1.62. The highest BCUT2D eigenvalue weighted by atomic mass is 16.5. The van der Waals surface area contributed by atoms with Gasteiger partial charge in [-0.25, -0.2) is 0 Å². The van der Waals surface area contributed by atoms with Gasteiger partial charge >= 0.3 is 0 Å². The van der Waals surface area contributed by atoms with E-state index in [1.807, 2.05) is 62.4 Å². The number of Topliss-reactive ketones (excluding diaryl/α,β-unsaturated/α-hetero) is 2. The Kier molecular flexibility index (Phi) is 9.76. The van der Waals surface area contributed by atoms with Crippen LogP contribution in [0.2, 0.25) is 0 Å². The van der Waals surface area contributed by atoms with Gasteiger partial charge in [0.2, 0.25) is 0 Å². The second-order valence-electron chi connectivity index (χ2n) is 7.42. The molecule has 2 aromatic rings. The third-order valence-electron chi connectivity index (χ3n) is 5.09. The Bertz CT molecular complexity index is 816. The molecule has 0 aromatic heterocycles. The van der Waals surface area contributed by atoms with E-state index in [2.05, 4.69) is 13.2 Å². The van der Waals surface area contributed by atoms with Crippen LogP contribution in [0.3, 0.4) is 0 Å². The summed E-state index contributed by atoms with van der Waals surface area (Å²) in [6, 6.07) is 15.8. The topological polar surface area (TPSA) is 52.6 Å². The van der Waals surface area contributed by atoms with Crippen LogP contribution in [0, 0.1) is 0 Å². The lowest BCUT2D eigenvalue weighted by Gasteiger charge is -2.09. The summed E-state index contributed by atoms with van der Waals surface area (Å²) in [5.41, 5.74) is 3.62. The zero-order chi connectivity index (χ0) is 22.6. The molecule has 0 bridgehead atoms. The van der Waals surface area contributed by atoms with Crippen molar-refractivity contribution in [1.29, 1.82) is 0 Å². The number of ether oxygens (including phenoxy) is 2. The fraction of sp³-hybridized carbons (Fsp3) is 0.333. The summed E-state index contributed by atoms with van der Waals surface area (Å²) in [4.78, 5) is 23.5. The van der Waals surface area contributed by atoms with Crippen LogP contribution in [-0.2, 0) is 16.0 Å². The van der Waals surface area contributed by atoms with Crippen molar-refractivity contribution in [2.75, 3.05) is 13.2 Å². The predicted octanol–water partition coefficient (Wildman–Crippen LogP) is 5.89. The molecule has 0 N–H and O–H groups in total. The predicted molar refractivity (Wildman–Crippen MR) is 125 cm³/mol. The highest BCUT2D eigenvalue weighted by molar-refractivity contribution is 5.95. The van der Waals surface area contributed by atoms with Crippen molar-refractivity contribution in [1.82, 2.24) is 0 Å². The second kappa shape index (κ2) is 12.5. The SMILES string of the molecule is C=C(CC)C(=O)CCOc1ccc(Cc2ccc(OCCC(=O)C(=C)CC)cc2)cc1. The van der Waals surface area contributed by atoms with E-state index in [-0.39, 0.29) is 11.6 Å². The van der Waals surface area contributed by atoms with E-state index < -0.39 is 0 Å². The average molecular weight is 421 g/mol. The van der Waals surface area contributed by atoms with Crippen molar-refractivity contribution in [2.45, 2.75) is 46.0 Å². The lowest BCUT2D eigenvalue weighted by atomic mass is 10.0. The number of ketones is 2. The highest BCUT2D eigenvalue weighted by Crippen LogP contribution is 2.18. The summed E-state index contributed by atoms with van der Waals surface area (Å²) in [6.07, 6.45) is 2.85. The first-order valence-electron chi connectivity index (χ1n) is 10.8. The van der Waals surface area contributed by atoms with Gasteiger partial charge in [-0.3, -0.25) is 9.59 Å². The number of benzene rings is 2. The molecule has 0 spiro atoms. The molecule has 0 amide bonds. The minimum atomic E-state index is 0.0598. The lowest BCUT2D eigenvalue weighted by Crippen LogP contribution is -2.07. The number of allylic oxidation sites excluding steroid dienone is 2. The van der Waals surface area contributed by atoms with Crippen molar-refractivity contribution in [3.63, 3.8) is 0 Å². The first kappa shape index (κ1) is 24.1. The van der Waals surface area contributed by atoms with Crippen LogP contribution in [0.5, 0.6) is 11.5 Å². The van der Waals surface area contributed by atoms with E-state index in [1.165, 1.54) is 11.1 Å². The average Bonchev–Trinajstić information content (AvgIpc) is 2.80. The van der Waals surface area contributed by atoms with Crippen LogP contribution in [0.15, 0.2) is 72.8 Å². The Morgan fingerprint density at radius 2 is 1.03 bits per heavy atom. The van der Waals surface area contributed by atoms with Gasteiger partial charge in [-0.15, -0.1) is 0 Å². The van der Waals surface area contributed by atoms with E-state index in [9.17, 15) is 9.59 Å². The Labute approximate surface area is 185 Å². The molecule has 0 aliphatic heterocycles. The van der Waals surface area contributed by atoms with Gasteiger partial charge in [-0.05, 0) is 65.8 Å². The summed E-state index contributed by atoms with van der Waals surface area (Å²) in [6.45, 7) is 12.1. The van der Waals surface area contributed by atoms with Crippen LogP contribution in [0.1, 0.15) is 50.7 Å². The minimum absolute atomic E-state index is 0.0598. The smallest absolute Gasteiger partial charge is 0.161 e. The summed E-state index contributed by atoms with van der Waals surface area (Å²) in [7, 11) is 0. The molecule has 31 heavy (non-hydrogen) atoms. The standard InChI is InChI=1S/C27H32O4/c1-5-20(3)26(28)15-17-30-24-11-7-22(8-12-24)19-23-9-13-25(14-10-23)31-18-16-27(29)21(4)6-2/h7-14H,3-6,15-19H2,1-2H3. The quantitative estimate of drug-likeness (QED) is 0.358. The van der Waals surface area contributed by atoms with Gasteiger partial charge in [0.05, 0.1) is 13.2 Å². The van der Waals surface area contributed by atoms with E-state index in [0.29, 0.717) is 50.0 Å². The second-order valence-corrected chi connectivity index (χ2v) is 7.42. The largest absolute Gasteiger partial charge is 0.493 e. The highest BCUT2D eigenvalue weighted by Gasteiger charge is 2.07. The zero-order valence-corrected chi connectivity index (χ0v) is 18.6. The van der Waals surface area contributed by atoms with Crippen LogP contribution in [-0.4, -0.2) is 24.8 Å². The molecule has 4 heteroatoms. The lowest BCUT2D eigenvalue weighted by molar-refractivity contribution is -0.116. The summed E-state index contributed by atoms with van der Waals surface area (Å²) < 4.78 is 11.3. The molecular formula is C27H32O4. The normalized spacial score (nSPS) is 10.4. The molecule has 0 unspecified atom stereocenters. The molecule has 2 aromatic carbocycles. The molecule has 0 atom stereocenters. The zero-order valence-electron chi connectivity index (χ0n) is 18.6. The van der Waals surface area contributed by atoms with Crippen molar-refractivity contribution < 1.29 is 19.1 Å². The Morgan fingerprint density at radius 3 is 1.35 bits per heavy atom. The molecule has 2 rings (SSSR count). The molecule has 0 heterocycles. The Morgan fingerprint density at radius 1 is 0.677 bits per heavy atom. The molecule has 4 nitrogen and oxygen atoms in total. The van der Waals surface area contributed by atoms with Crippen molar-refractivity contribution in [3.05, 3.63) is 84.0 Å². The number of hydrogen-bond acceptors (Lipinski definition) is 4. The first-order chi connectivity index (χ1) is 14.9. The van der Waals surface area contributed by atoms with Gasteiger partial charge in [0, 0.05) is 12.8 Å². The monoisotopic (exact) mass is 420 g/mol. The number of rotatable bonds is 14. The molecule has 164 valence electrons. The Hall–Kier alpha value is -3.14. The molecular weight excluding hydrogens is 388 g/mol. The van der Waals surface area contributed by atoms with E-state index >= 15 is 0 Å². The van der Waals surface area contributed by atoms with Gasteiger partial charge in [-0.1, -0.05) is 51.3 Å². The van der Waals surface area contributed by atoms with Crippen LogP contribution in [0.4, 0.5) is 0 Å². The van der Waals surface area contributed by atoms with E-state index in [1.54, 1.807) is 0 Å². The molecule has 0 radical (unpaired) electrons. The summed E-state index contributed by atoms with van der Waals surface area (Å²) in [5, 5.41) is 0. The number of hydrogen-bond donors (Lipinski definition) is 0. The summed E-state index contributed by atoms with van der Waals surface area (Å²) >= 11 is 0. The maximum atomic E-state index is 11.8. The Balaban J connectivity index is 1.77. The van der Waals surface area contributed by atoms with E-state index in [0.717, 1.165) is 17.9 Å². The fourth-order valence-corrected chi connectivity index (χ4v) is 2.91. The maximum Gasteiger partial charge on any atom is 0.161 e. The minimum Gasteiger partial charge on any atom is -0.493 e. The van der Waals surface area contributed by atoms with Crippen LogP contribution >= 0.6 is 0 Å². The number of carbonyl (C=O) groups is 2. The van der Waals surface area contributed by atoms with Crippen LogP contribution in [0.25, 0.3) is 0 Å². The number of carbonyl (C=O) groups excluding carboxylic acids is 2. The van der Waals surface area contributed by atoms with Crippen molar-refractivity contribution in [3.8, 4) is 11.5 Å². The molecule has 0 aliphatic rings. The van der Waals surface area contributed by atoms with Crippen molar-refractivity contribution >= 4 is 11.6 Å². The maximum absolute atomic E-state index is 11.8. The molecule has 0 saturated heterocycles. The molecule has 0 saturated carbocycles. The first-order valence-corrected chi connectivity index (χ1v) is 10.8. The third kappa shape index (κ3) is 8.25. The third-order valence-corrected chi connectivity index (χ3v) is 5.09. The van der Waals surface area contributed by atoms with Gasteiger partial charge in [0.15, 0.2) is 11.6 Å². The fourth-order valence-electron chi connectivity index (χ4n) is 2.91. The van der Waals surface area contributed by atoms with Crippen LogP contribution < -0.4 is 9.47 Å². The molecule has 0 fully saturated rings. The van der Waals surface area contributed by atoms with E-state index in [4.69, 9.17) is 9.47 Å². The van der Waals surface area contributed by atoms with Gasteiger partial charge in [0.1, 0.15) is 11.5 Å². The van der Waals surface area contributed by atoms with Gasteiger partial charge in [0.25, 0.3) is 0 Å². The molecule has 0 aliphatic carbocycles. The van der Waals surface area contributed by atoms with Crippen molar-refractivity contribution in [2.24, 2.45) is 0 Å². The van der Waals surface area contributed by atoms with Gasteiger partial charge in [-0.2, -0.15) is 0 Å².